The van der Waals surface area contributed by atoms with Gasteiger partial charge in [0.25, 0.3) is 0 Å². The van der Waals surface area contributed by atoms with Crippen LogP contribution in [-0.2, 0) is 16.1 Å². The number of amides is 2. The number of hydrogen-bond donors (Lipinski definition) is 1. The zero-order valence-electron chi connectivity index (χ0n) is 16.1. The second kappa shape index (κ2) is 9.48. The third-order valence-electron chi connectivity index (χ3n) is 4.94. The van der Waals surface area contributed by atoms with Crippen molar-refractivity contribution in [3.8, 4) is 11.1 Å². The molecule has 1 aliphatic heterocycles. The number of carbonyl (C=O) groups is 1. The van der Waals surface area contributed by atoms with Gasteiger partial charge in [0.2, 0.25) is 0 Å². The minimum atomic E-state index is 0.0803. The Morgan fingerprint density at radius 3 is 2.34 bits per heavy atom. The molecule has 1 atom stereocenters. The first-order chi connectivity index (χ1) is 14.2. The number of hydrogen-bond acceptors (Lipinski definition) is 4. The lowest BCUT2D eigenvalue weighted by molar-refractivity contribution is -0.191. The van der Waals surface area contributed by atoms with Crippen molar-refractivity contribution in [3.63, 3.8) is 0 Å². The Labute approximate surface area is 169 Å². The quantitative estimate of drug-likeness (QED) is 0.719. The topological polar surface area (TPSA) is 86.4 Å². The molecule has 1 aliphatic rings. The molecule has 0 spiro atoms. The molecule has 4 rings (SSSR count). The van der Waals surface area contributed by atoms with E-state index in [1.165, 1.54) is 0 Å². The molecule has 7 nitrogen and oxygen atoms in total. The highest BCUT2D eigenvalue weighted by Gasteiger charge is 2.36. The number of carbonyl (C=O) groups excluding carboxylic acids is 3. The largest absolute Gasteiger partial charge is 0.373 e. The first-order valence-corrected chi connectivity index (χ1v) is 9.38. The highest BCUT2D eigenvalue weighted by Crippen LogP contribution is 2.29. The maximum atomic E-state index is 13.0. The average Bonchev–Trinajstić information content (AvgIpc) is 3.38. The van der Waals surface area contributed by atoms with E-state index in [9.17, 15) is 4.79 Å². The summed E-state index contributed by atoms with van der Waals surface area (Å²) in [6, 6.07) is 18.6. The predicted octanol–water partition coefficient (Wildman–Crippen LogP) is 3.71. The van der Waals surface area contributed by atoms with E-state index in [0.717, 1.165) is 35.3 Å². The van der Waals surface area contributed by atoms with Gasteiger partial charge in [-0.2, -0.15) is 14.7 Å². The van der Waals surface area contributed by atoms with E-state index in [0.29, 0.717) is 6.54 Å². The van der Waals surface area contributed by atoms with Crippen LogP contribution < -0.4 is 4.90 Å². The Balaban J connectivity index is 0.000000755. The first-order valence-electron chi connectivity index (χ1n) is 9.38. The molecule has 1 unspecified atom stereocenters. The Hall–Kier alpha value is -3.70. The molecule has 29 heavy (non-hydrogen) atoms. The van der Waals surface area contributed by atoms with Gasteiger partial charge < -0.3 is 4.90 Å². The summed E-state index contributed by atoms with van der Waals surface area (Å²) in [6.07, 6.45) is 4.85. The van der Waals surface area contributed by atoms with E-state index in [1.807, 2.05) is 58.5 Å². The lowest BCUT2D eigenvalue weighted by Gasteiger charge is -2.22. The molecule has 7 heteroatoms. The molecule has 2 heterocycles. The zero-order valence-corrected chi connectivity index (χ0v) is 16.1. The molecule has 2 amide bonds. The molecule has 3 aromatic rings. The van der Waals surface area contributed by atoms with Crippen molar-refractivity contribution >= 4 is 17.9 Å². The molecule has 0 bridgehead atoms. The fraction of sp³-hybridized carbons (Fsp3) is 0.227. The lowest BCUT2D eigenvalue weighted by atomic mass is 10.1. The van der Waals surface area contributed by atoms with Gasteiger partial charge >= 0.3 is 12.2 Å². The Kier molecular flexibility index (Phi) is 6.55. The summed E-state index contributed by atoms with van der Waals surface area (Å²) in [4.78, 5) is 33.2. The summed E-state index contributed by atoms with van der Waals surface area (Å²) in [5.41, 5.74) is 4.24. The molecule has 1 N–H and O–H groups in total. The van der Waals surface area contributed by atoms with Crippen molar-refractivity contribution in [2.24, 2.45) is 0 Å². The van der Waals surface area contributed by atoms with Crippen LogP contribution in [0.25, 0.3) is 11.1 Å². The van der Waals surface area contributed by atoms with Crippen molar-refractivity contribution in [1.82, 2.24) is 15.1 Å². The van der Waals surface area contributed by atoms with Crippen molar-refractivity contribution in [2.75, 3.05) is 11.4 Å². The zero-order chi connectivity index (χ0) is 20.6. The monoisotopic (exact) mass is 390 g/mol. The van der Waals surface area contributed by atoms with Gasteiger partial charge in [-0.15, -0.1) is 0 Å². The summed E-state index contributed by atoms with van der Waals surface area (Å²) < 4.78 is 0. The number of aromatic nitrogens is 2. The van der Waals surface area contributed by atoms with Crippen LogP contribution in [0.3, 0.4) is 0 Å². The molecule has 0 saturated carbocycles. The minimum absolute atomic E-state index is 0.0803. The maximum absolute atomic E-state index is 13.0. The van der Waals surface area contributed by atoms with Crippen LogP contribution in [0.1, 0.15) is 18.9 Å². The van der Waals surface area contributed by atoms with Crippen LogP contribution in [0.15, 0.2) is 67.0 Å². The number of nitrogens with one attached hydrogen (secondary N) is 1. The Morgan fingerprint density at radius 2 is 1.76 bits per heavy atom. The smallest absolute Gasteiger partial charge is 0.318 e. The van der Waals surface area contributed by atoms with Crippen molar-refractivity contribution in [2.45, 2.75) is 25.9 Å². The van der Waals surface area contributed by atoms with E-state index in [4.69, 9.17) is 9.59 Å². The first kappa shape index (κ1) is 20.0. The predicted molar refractivity (Wildman–Crippen MR) is 108 cm³/mol. The highest BCUT2D eigenvalue weighted by molar-refractivity contribution is 5.95. The van der Waals surface area contributed by atoms with Crippen molar-refractivity contribution in [1.29, 1.82) is 0 Å². The fourth-order valence-electron chi connectivity index (χ4n) is 3.51. The van der Waals surface area contributed by atoms with E-state index < -0.39 is 0 Å². The summed E-state index contributed by atoms with van der Waals surface area (Å²) in [5, 5.41) is 6.82. The number of rotatable bonds is 5. The minimum Gasteiger partial charge on any atom is -0.318 e. The molecular formula is C22H22N4O3. The lowest BCUT2D eigenvalue weighted by Crippen LogP contribution is -2.34. The molecule has 2 aromatic carbocycles. The summed E-state index contributed by atoms with van der Waals surface area (Å²) in [7, 11) is 0. The van der Waals surface area contributed by atoms with Gasteiger partial charge in [-0.25, -0.2) is 4.79 Å². The maximum Gasteiger partial charge on any atom is 0.373 e. The van der Waals surface area contributed by atoms with Gasteiger partial charge in [-0.3, -0.25) is 10.00 Å². The molecule has 0 radical (unpaired) electrons. The third kappa shape index (κ3) is 4.59. The molecular weight excluding hydrogens is 368 g/mol. The molecule has 1 saturated heterocycles. The molecule has 0 aliphatic carbocycles. The normalized spacial score (nSPS) is 15.6. The van der Waals surface area contributed by atoms with E-state index >= 15 is 0 Å². The van der Waals surface area contributed by atoms with Crippen LogP contribution in [0.4, 0.5) is 10.5 Å². The van der Waals surface area contributed by atoms with Gasteiger partial charge in [0, 0.05) is 30.5 Å². The van der Waals surface area contributed by atoms with Crippen LogP contribution in [0.2, 0.25) is 0 Å². The SMILES string of the molecule is CCC1CN(Cc2ccccc2)C(=O)N1c1ccc(-c2cn[nH]c2)cc1.O=C=O. The average molecular weight is 390 g/mol. The van der Waals surface area contributed by atoms with Gasteiger partial charge in [-0.05, 0) is 29.7 Å². The van der Waals surface area contributed by atoms with Crippen LogP contribution in [-0.4, -0.2) is 39.9 Å². The van der Waals surface area contributed by atoms with Crippen molar-refractivity contribution in [3.05, 3.63) is 72.6 Å². The van der Waals surface area contributed by atoms with Crippen molar-refractivity contribution < 1.29 is 14.4 Å². The van der Waals surface area contributed by atoms with Crippen LogP contribution in [0.5, 0.6) is 0 Å². The van der Waals surface area contributed by atoms with Gasteiger partial charge in [0.1, 0.15) is 0 Å². The summed E-state index contributed by atoms with van der Waals surface area (Å²) in [5.74, 6) is 0. The summed E-state index contributed by atoms with van der Waals surface area (Å²) in [6.45, 7) is 3.55. The van der Waals surface area contributed by atoms with E-state index in [1.54, 1.807) is 6.20 Å². The number of benzene rings is 2. The van der Waals surface area contributed by atoms with E-state index in [-0.39, 0.29) is 18.2 Å². The molecule has 1 aromatic heterocycles. The molecule has 148 valence electrons. The number of nitrogens with zero attached hydrogens (tertiary/aromatic N) is 3. The number of anilines is 1. The number of H-pyrrole nitrogens is 1. The molecule has 1 fully saturated rings. The Bertz CT molecular complexity index is 949. The standard InChI is InChI=1S/C21H22N4O.CO2/c1-2-19-15-24(14-16-6-4-3-5-7-16)21(26)25(19)20-10-8-17(9-11-20)18-12-22-23-13-18;2-1-3/h3-13,19H,2,14-15H2,1H3,(H,22,23);. The fourth-order valence-corrected chi connectivity index (χ4v) is 3.51. The van der Waals surface area contributed by atoms with E-state index in [2.05, 4.69) is 29.3 Å². The van der Waals surface area contributed by atoms with Gasteiger partial charge in [0.15, 0.2) is 0 Å². The summed E-state index contributed by atoms with van der Waals surface area (Å²) >= 11 is 0. The third-order valence-corrected chi connectivity index (χ3v) is 4.94. The number of aromatic amines is 1. The second-order valence-corrected chi connectivity index (χ2v) is 6.70. The van der Waals surface area contributed by atoms with Crippen LogP contribution >= 0.6 is 0 Å². The van der Waals surface area contributed by atoms with Gasteiger partial charge in [-0.1, -0.05) is 49.4 Å². The second-order valence-electron chi connectivity index (χ2n) is 6.70. The Morgan fingerprint density at radius 1 is 1.07 bits per heavy atom. The number of urea groups is 1. The highest BCUT2D eigenvalue weighted by atomic mass is 16.2. The van der Waals surface area contributed by atoms with Gasteiger partial charge in [0.05, 0.1) is 12.2 Å². The van der Waals surface area contributed by atoms with Crippen LogP contribution in [0, 0.1) is 0 Å².